The predicted molar refractivity (Wildman–Crippen MR) is 72.2 cm³/mol. The highest BCUT2D eigenvalue weighted by molar-refractivity contribution is 5.30. The molecule has 1 N–H and O–H groups in total. The quantitative estimate of drug-likeness (QED) is 0.908. The van der Waals surface area contributed by atoms with Gasteiger partial charge >= 0.3 is 0 Å². The van der Waals surface area contributed by atoms with E-state index in [0.29, 0.717) is 12.2 Å². The number of benzene rings is 2. The minimum absolute atomic E-state index is 0.0182. The molecule has 106 valence electrons. The molecule has 0 aliphatic carbocycles. The Morgan fingerprint density at radius 1 is 1.05 bits per heavy atom. The van der Waals surface area contributed by atoms with Gasteiger partial charge in [-0.1, -0.05) is 36.4 Å². The third-order valence-electron chi connectivity index (χ3n) is 3.16. The largest absolute Gasteiger partial charge is 0.388 e. The van der Waals surface area contributed by atoms with Crippen LogP contribution in [0.4, 0.5) is 8.78 Å². The third-order valence-corrected chi connectivity index (χ3v) is 3.16. The van der Waals surface area contributed by atoms with Gasteiger partial charge in [-0.2, -0.15) is 0 Å². The fourth-order valence-electron chi connectivity index (χ4n) is 2.17. The first-order chi connectivity index (χ1) is 9.63. The maximum atomic E-state index is 13.6. The Bertz CT molecular complexity index is 584. The number of methoxy groups -OCH3 is 1. The molecule has 1 unspecified atom stereocenters. The Hall–Kier alpha value is -1.78. The van der Waals surface area contributed by atoms with Gasteiger partial charge in [-0.3, -0.25) is 0 Å². The first-order valence-electron chi connectivity index (χ1n) is 6.31. The molecule has 2 aromatic carbocycles. The fourth-order valence-corrected chi connectivity index (χ4v) is 2.17. The van der Waals surface area contributed by atoms with Crippen LogP contribution >= 0.6 is 0 Å². The summed E-state index contributed by atoms with van der Waals surface area (Å²) in [6, 6.07) is 11.2. The zero-order valence-electron chi connectivity index (χ0n) is 11.1. The average Bonchev–Trinajstić information content (AvgIpc) is 2.45. The van der Waals surface area contributed by atoms with Crippen molar-refractivity contribution in [3.8, 4) is 0 Å². The maximum Gasteiger partial charge on any atom is 0.162 e. The van der Waals surface area contributed by atoms with Crippen molar-refractivity contribution in [3.63, 3.8) is 0 Å². The van der Waals surface area contributed by atoms with Gasteiger partial charge < -0.3 is 9.84 Å². The monoisotopic (exact) mass is 278 g/mol. The molecule has 0 aromatic heterocycles. The van der Waals surface area contributed by atoms with Crippen LogP contribution in [0.2, 0.25) is 0 Å². The van der Waals surface area contributed by atoms with Crippen molar-refractivity contribution >= 4 is 0 Å². The van der Waals surface area contributed by atoms with Crippen LogP contribution in [-0.2, 0) is 17.8 Å². The lowest BCUT2D eigenvalue weighted by molar-refractivity contribution is 0.160. The number of ether oxygens (including phenoxy) is 1. The van der Waals surface area contributed by atoms with E-state index in [4.69, 9.17) is 4.74 Å². The lowest BCUT2D eigenvalue weighted by atomic mass is 9.97. The Morgan fingerprint density at radius 3 is 2.50 bits per heavy atom. The van der Waals surface area contributed by atoms with Crippen LogP contribution < -0.4 is 0 Å². The van der Waals surface area contributed by atoms with Gasteiger partial charge in [-0.05, 0) is 22.8 Å². The fraction of sp³-hybridized carbons (Fsp3) is 0.250. The first kappa shape index (κ1) is 14.6. The Morgan fingerprint density at radius 2 is 1.75 bits per heavy atom. The van der Waals surface area contributed by atoms with Crippen molar-refractivity contribution < 1.29 is 18.6 Å². The average molecular weight is 278 g/mol. The molecule has 0 aliphatic rings. The summed E-state index contributed by atoms with van der Waals surface area (Å²) in [5.74, 6) is -1.81. The molecule has 2 aromatic rings. The van der Waals surface area contributed by atoms with Crippen molar-refractivity contribution in [2.45, 2.75) is 19.1 Å². The van der Waals surface area contributed by atoms with E-state index in [1.54, 1.807) is 19.2 Å². The number of rotatable bonds is 5. The van der Waals surface area contributed by atoms with E-state index in [-0.39, 0.29) is 12.0 Å². The molecule has 0 aliphatic heterocycles. The lowest BCUT2D eigenvalue weighted by Crippen LogP contribution is -2.08. The van der Waals surface area contributed by atoms with E-state index in [2.05, 4.69) is 0 Å². The molecule has 0 saturated carbocycles. The van der Waals surface area contributed by atoms with E-state index in [0.717, 1.165) is 11.6 Å². The van der Waals surface area contributed by atoms with Crippen LogP contribution in [0.25, 0.3) is 0 Å². The van der Waals surface area contributed by atoms with E-state index in [9.17, 15) is 13.9 Å². The molecule has 0 heterocycles. The van der Waals surface area contributed by atoms with Gasteiger partial charge in [0.1, 0.15) is 0 Å². The van der Waals surface area contributed by atoms with Gasteiger partial charge in [0, 0.05) is 13.5 Å². The molecule has 2 rings (SSSR count). The lowest BCUT2D eigenvalue weighted by Gasteiger charge is -2.15. The van der Waals surface area contributed by atoms with Crippen LogP contribution in [0, 0.1) is 11.6 Å². The molecule has 2 nitrogen and oxygen atoms in total. The Kier molecular flexibility index (Phi) is 4.82. The molecular formula is C16H16F2O2. The molecule has 4 heteroatoms. The number of halogens is 2. The molecule has 20 heavy (non-hydrogen) atoms. The summed E-state index contributed by atoms with van der Waals surface area (Å²) in [6.45, 7) is 0.360. The molecule has 0 amide bonds. The highest BCUT2D eigenvalue weighted by Crippen LogP contribution is 2.24. The van der Waals surface area contributed by atoms with Gasteiger partial charge in [0.05, 0.1) is 12.7 Å². The second kappa shape index (κ2) is 6.59. The van der Waals surface area contributed by atoms with Crippen molar-refractivity contribution in [1.82, 2.24) is 0 Å². The molecule has 0 fully saturated rings. The van der Waals surface area contributed by atoms with E-state index in [1.165, 1.54) is 12.1 Å². The molecular weight excluding hydrogens is 262 g/mol. The summed E-state index contributed by atoms with van der Waals surface area (Å²) in [7, 11) is 1.56. The minimum Gasteiger partial charge on any atom is -0.388 e. The second-order valence-corrected chi connectivity index (χ2v) is 4.56. The third kappa shape index (κ3) is 3.21. The van der Waals surface area contributed by atoms with E-state index < -0.39 is 17.7 Å². The SMILES string of the molecule is COCc1ccccc1C(O)Cc1cccc(F)c1F. The highest BCUT2D eigenvalue weighted by Gasteiger charge is 2.16. The second-order valence-electron chi connectivity index (χ2n) is 4.56. The smallest absolute Gasteiger partial charge is 0.162 e. The zero-order chi connectivity index (χ0) is 14.5. The standard InChI is InChI=1S/C16H16F2O2/c1-20-10-12-5-2-3-7-13(12)15(19)9-11-6-4-8-14(17)16(11)18/h2-8,15,19H,9-10H2,1H3. The zero-order valence-corrected chi connectivity index (χ0v) is 11.1. The molecule has 0 radical (unpaired) electrons. The van der Waals surface area contributed by atoms with E-state index >= 15 is 0 Å². The first-order valence-corrected chi connectivity index (χ1v) is 6.31. The predicted octanol–water partition coefficient (Wildman–Crippen LogP) is 3.39. The van der Waals surface area contributed by atoms with Crippen LogP contribution in [0.5, 0.6) is 0 Å². The van der Waals surface area contributed by atoms with Crippen LogP contribution in [0.3, 0.4) is 0 Å². The summed E-state index contributed by atoms with van der Waals surface area (Å²) in [5, 5.41) is 10.3. The van der Waals surface area contributed by atoms with Gasteiger partial charge in [0.15, 0.2) is 11.6 Å². The minimum atomic E-state index is -0.907. The summed E-state index contributed by atoms with van der Waals surface area (Å²) < 4.78 is 31.8. The van der Waals surface area contributed by atoms with Gasteiger partial charge in [0.25, 0.3) is 0 Å². The number of hydrogen-bond donors (Lipinski definition) is 1. The summed E-state index contributed by atoms with van der Waals surface area (Å²) >= 11 is 0. The highest BCUT2D eigenvalue weighted by atomic mass is 19.2. The number of aliphatic hydroxyl groups is 1. The normalized spacial score (nSPS) is 12.4. The van der Waals surface area contributed by atoms with Crippen molar-refractivity contribution in [3.05, 3.63) is 70.8 Å². The van der Waals surface area contributed by atoms with Crippen LogP contribution in [-0.4, -0.2) is 12.2 Å². The molecule has 0 spiro atoms. The van der Waals surface area contributed by atoms with Gasteiger partial charge in [0.2, 0.25) is 0 Å². The summed E-state index contributed by atoms with van der Waals surface area (Å²) in [4.78, 5) is 0. The van der Waals surface area contributed by atoms with Crippen molar-refractivity contribution in [2.24, 2.45) is 0 Å². The Balaban J connectivity index is 2.24. The molecule has 0 bridgehead atoms. The van der Waals surface area contributed by atoms with Gasteiger partial charge in [-0.25, -0.2) is 8.78 Å². The summed E-state index contributed by atoms with van der Waals surface area (Å²) in [5.41, 5.74) is 1.65. The summed E-state index contributed by atoms with van der Waals surface area (Å²) in [6.07, 6.45) is -0.887. The van der Waals surface area contributed by atoms with Crippen LogP contribution in [0.1, 0.15) is 22.8 Å². The number of hydrogen-bond acceptors (Lipinski definition) is 2. The van der Waals surface area contributed by atoms with Crippen molar-refractivity contribution in [2.75, 3.05) is 7.11 Å². The van der Waals surface area contributed by atoms with Crippen LogP contribution in [0.15, 0.2) is 42.5 Å². The van der Waals surface area contributed by atoms with Gasteiger partial charge in [-0.15, -0.1) is 0 Å². The van der Waals surface area contributed by atoms with Crippen molar-refractivity contribution in [1.29, 1.82) is 0 Å². The number of aliphatic hydroxyl groups excluding tert-OH is 1. The molecule has 1 atom stereocenters. The topological polar surface area (TPSA) is 29.5 Å². The Labute approximate surface area is 116 Å². The molecule has 0 saturated heterocycles. The maximum absolute atomic E-state index is 13.6. The van der Waals surface area contributed by atoms with E-state index in [1.807, 2.05) is 12.1 Å².